The predicted molar refractivity (Wildman–Crippen MR) is 172 cm³/mol. The Hall–Kier alpha value is -4.15. The maximum Gasteiger partial charge on any atom is 0.308 e. The third kappa shape index (κ3) is 5.29. The van der Waals surface area contributed by atoms with Gasteiger partial charge in [0, 0.05) is 35.3 Å². The maximum atomic E-state index is 14.1. The van der Waals surface area contributed by atoms with Gasteiger partial charge in [-0.2, -0.15) is 0 Å². The average molecular weight is 613 g/mol. The molecule has 2 aliphatic heterocycles. The summed E-state index contributed by atoms with van der Waals surface area (Å²) in [6, 6.07) is 24.5. The number of fused-ring (bicyclic) bond motifs is 2. The van der Waals surface area contributed by atoms with Crippen molar-refractivity contribution in [2.24, 2.45) is 5.92 Å². The number of thioether (sulfide) groups is 1. The van der Waals surface area contributed by atoms with Crippen molar-refractivity contribution >= 4 is 57.9 Å². The van der Waals surface area contributed by atoms with Crippen molar-refractivity contribution in [3.05, 3.63) is 105 Å². The molecule has 3 aromatic carbocycles. The summed E-state index contributed by atoms with van der Waals surface area (Å²) >= 11 is 2.28. The van der Waals surface area contributed by atoms with Crippen molar-refractivity contribution in [1.29, 1.82) is 0 Å². The fraction of sp³-hybridized carbons (Fsp3) is 0.273. The molecule has 220 valence electrons. The Morgan fingerprint density at radius 2 is 1.56 bits per heavy atom. The number of aromatic nitrogens is 1. The summed E-state index contributed by atoms with van der Waals surface area (Å²) in [5.74, 6) is -2.11. The first-order valence-electron chi connectivity index (χ1n) is 14.3. The summed E-state index contributed by atoms with van der Waals surface area (Å²) in [5, 5.41) is 2.69. The number of nitrogens with one attached hydrogen (secondary N) is 1. The van der Waals surface area contributed by atoms with Gasteiger partial charge >= 0.3 is 4.87 Å². The minimum absolute atomic E-state index is 0.193. The van der Waals surface area contributed by atoms with Gasteiger partial charge < -0.3 is 10.2 Å². The number of hydrogen-bond acceptors (Lipinski definition) is 7. The van der Waals surface area contributed by atoms with Gasteiger partial charge in [0.15, 0.2) is 0 Å². The third-order valence-corrected chi connectivity index (χ3v) is 10.7. The first-order chi connectivity index (χ1) is 20.8. The highest BCUT2D eigenvalue weighted by atomic mass is 32.2. The molecule has 3 atom stereocenters. The van der Waals surface area contributed by atoms with Crippen molar-refractivity contribution in [2.75, 3.05) is 28.2 Å². The van der Waals surface area contributed by atoms with Gasteiger partial charge in [-0.05, 0) is 62.7 Å². The zero-order chi connectivity index (χ0) is 30.2. The Labute approximate surface area is 258 Å². The molecule has 1 N–H and O–H groups in total. The Morgan fingerprint density at radius 3 is 2.21 bits per heavy atom. The number of aryl methyl sites for hydroxylation is 1. The maximum absolute atomic E-state index is 14.1. The number of thiazole rings is 1. The quantitative estimate of drug-likeness (QED) is 0.264. The SMILES string of the molecule is CCN(CC)c1ccc(C2c3sc(=O)n(CC(=O)Nc4ccccc4)c3SC3C(=O)N(c4ccc(C)cc4)C(=O)C32)cc1. The average Bonchev–Trinajstić information content (AvgIpc) is 3.45. The van der Waals surface area contributed by atoms with E-state index in [1.807, 2.05) is 61.5 Å². The van der Waals surface area contributed by atoms with E-state index in [9.17, 15) is 19.2 Å². The van der Waals surface area contributed by atoms with E-state index in [-0.39, 0.29) is 29.1 Å². The number of benzene rings is 3. The van der Waals surface area contributed by atoms with Gasteiger partial charge in [0.1, 0.15) is 11.8 Å². The first kappa shape index (κ1) is 28.9. The molecule has 0 saturated carbocycles. The molecule has 1 aromatic heterocycles. The van der Waals surface area contributed by atoms with Crippen molar-refractivity contribution in [3.63, 3.8) is 0 Å². The molecule has 0 aliphatic carbocycles. The molecular formula is C33H32N4O4S2. The van der Waals surface area contributed by atoms with Gasteiger partial charge in [0.05, 0.1) is 16.6 Å². The van der Waals surface area contributed by atoms with Crippen LogP contribution in [0.4, 0.5) is 17.1 Å². The number of carbonyl (C=O) groups is 3. The summed E-state index contributed by atoms with van der Waals surface area (Å²) in [6.07, 6.45) is 0. The van der Waals surface area contributed by atoms with Crippen LogP contribution < -0.4 is 20.0 Å². The van der Waals surface area contributed by atoms with Gasteiger partial charge in [0.25, 0.3) is 0 Å². The molecule has 43 heavy (non-hydrogen) atoms. The van der Waals surface area contributed by atoms with Crippen LogP contribution in [0.25, 0.3) is 0 Å². The van der Waals surface area contributed by atoms with E-state index in [1.54, 1.807) is 24.3 Å². The predicted octanol–water partition coefficient (Wildman–Crippen LogP) is 5.50. The highest BCUT2D eigenvalue weighted by Gasteiger charge is 2.56. The van der Waals surface area contributed by atoms with Gasteiger partial charge in [-0.15, -0.1) is 0 Å². The van der Waals surface area contributed by atoms with Crippen molar-refractivity contribution in [1.82, 2.24) is 4.57 Å². The second-order valence-corrected chi connectivity index (χ2v) is 12.8. The fourth-order valence-electron chi connectivity index (χ4n) is 5.91. The van der Waals surface area contributed by atoms with Crippen LogP contribution in [0.3, 0.4) is 0 Å². The summed E-state index contributed by atoms with van der Waals surface area (Å²) in [4.78, 5) is 58.4. The van der Waals surface area contributed by atoms with E-state index in [0.29, 0.717) is 21.3 Å². The lowest BCUT2D eigenvalue weighted by Crippen LogP contribution is -2.33. The van der Waals surface area contributed by atoms with Crippen molar-refractivity contribution in [2.45, 2.75) is 43.5 Å². The van der Waals surface area contributed by atoms with Crippen LogP contribution in [0.2, 0.25) is 0 Å². The summed E-state index contributed by atoms with van der Waals surface area (Å²) < 4.78 is 1.45. The number of hydrogen-bond donors (Lipinski definition) is 1. The van der Waals surface area contributed by atoms with Gasteiger partial charge in [-0.1, -0.05) is 71.1 Å². The van der Waals surface area contributed by atoms with Crippen molar-refractivity contribution < 1.29 is 14.4 Å². The number of anilines is 3. The number of para-hydroxylation sites is 1. The molecular weight excluding hydrogens is 581 g/mol. The lowest BCUT2D eigenvalue weighted by Gasteiger charge is -2.31. The number of imide groups is 1. The van der Waals surface area contributed by atoms with E-state index in [1.165, 1.54) is 21.2 Å². The second kappa shape index (κ2) is 11.9. The molecule has 0 bridgehead atoms. The smallest absolute Gasteiger partial charge is 0.308 e. The summed E-state index contributed by atoms with van der Waals surface area (Å²) in [5.41, 5.74) is 4.12. The molecule has 6 rings (SSSR count). The monoisotopic (exact) mass is 612 g/mol. The molecule has 4 aromatic rings. The Kier molecular flexibility index (Phi) is 7.98. The number of amides is 3. The van der Waals surface area contributed by atoms with Crippen LogP contribution in [0, 0.1) is 12.8 Å². The fourth-order valence-corrected chi connectivity index (χ4v) is 8.68. The molecule has 3 unspecified atom stereocenters. The topological polar surface area (TPSA) is 91.7 Å². The molecule has 3 amide bonds. The molecule has 2 aliphatic rings. The summed E-state index contributed by atoms with van der Waals surface area (Å²) in [6.45, 7) is 7.68. The molecule has 8 nitrogen and oxygen atoms in total. The minimum Gasteiger partial charge on any atom is -0.372 e. The standard InChI is InChI=1S/C33H32N4O4S2/c1-4-35(5-2)23-17-13-21(14-18-23)26-27-28(31(40)37(30(27)39)24-15-11-20(3)12-16-24)42-32-29(26)43-33(41)36(32)19-25(38)34-22-9-7-6-8-10-22/h6-18,26-28H,4-5,19H2,1-3H3,(H,34,38). The number of nitrogens with zero attached hydrogens (tertiary/aromatic N) is 3. The highest BCUT2D eigenvalue weighted by molar-refractivity contribution is 8.00. The molecule has 0 radical (unpaired) electrons. The van der Waals surface area contributed by atoms with E-state index >= 15 is 0 Å². The Morgan fingerprint density at radius 1 is 0.884 bits per heavy atom. The minimum atomic E-state index is -0.730. The van der Waals surface area contributed by atoms with Crippen molar-refractivity contribution in [3.8, 4) is 0 Å². The van der Waals surface area contributed by atoms with E-state index in [2.05, 4.69) is 24.1 Å². The van der Waals surface area contributed by atoms with Crippen LogP contribution in [0.5, 0.6) is 0 Å². The third-order valence-electron chi connectivity index (χ3n) is 8.08. The molecule has 10 heteroatoms. The zero-order valence-electron chi connectivity index (χ0n) is 24.2. The second-order valence-electron chi connectivity index (χ2n) is 10.7. The number of carbonyl (C=O) groups excluding carboxylic acids is 3. The summed E-state index contributed by atoms with van der Waals surface area (Å²) in [7, 11) is 0. The van der Waals surface area contributed by atoms with E-state index in [4.69, 9.17) is 0 Å². The molecule has 0 spiro atoms. The molecule has 1 fully saturated rings. The normalized spacial score (nSPS) is 19.2. The van der Waals surface area contributed by atoms with Gasteiger partial charge in [0.2, 0.25) is 17.7 Å². The Balaban J connectivity index is 1.42. The van der Waals surface area contributed by atoms with Gasteiger partial charge in [-0.25, -0.2) is 4.90 Å². The number of rotatable bonds is 8. The van der Waals surface area contributed by atoms with Gasteiger partial charge in [-0.3, -0.25) is 23.7 Å². The lowest BCUT2D eigenvalue weighted by molar-refractivity contribution is -0.122. The molecule has 1 saturated heterocycles. The van der Waals surface area contributed by atoms with E-state index in [0.717, 1.165) is 41.2 Å². The van der Waals surface area contributed by atoms with E-state index < -0.39 is 17.1 Å². The first-order valence-corrected chi connectivity index (χ1v) is 16.0. The molecule has 3 heterocycles. The largest absolute Gasteiger partial charge is 0.372 e. The highest BCUT2D eigenvalue weighted by Crippen LogP contribution is 2.54. The van der Waals surface area contributed by atoms with Crippen LogP contribution in [-0.4, -0.2) is 40.6 Å². The van der Waals surface area contributed by atoms with Crippen LogP contribution in [0.1, 0.15) is 35.8 Å². The van der Waals surface area contributed by atoms with Crippen LogP contribution in [0.15, 0.2) is 88.7 Å². The zero-order valence-corrected chi connectivity index (χ0v) is 25.8. The van der Waals surface area contributed by atoms with Crippen LogP contribution in [-0.2, 0) is 20.9 Å². The van der Waals surface area contributed by atoms with Crippen LogP contribution >= 0.6 is 23.1 Å². The lowest BCUT2D eigenvalue weighted by atomic mass is 9.83. The Bertz CT molecular complexity index is 1730.